The van der Waals surface area contributed by atoms with Crippen molar-refractivity contribution in [2.24, 2.45) is 0 Å². The van der Waals surface area contributed by atoms with Crippen molar-refractivity contribution in [2.45, 2.75) is 0 Å². The third-order valence-corrected chi connectivity index (χ3v) is 4.89. The monoisotopic (exact) mass is 370 g/mol. The summed E-state index contributed by atoms with van der Waals surface area (Å²) in [5.41, 5.74) is 7.04. The van der Waals surface area contributed by atoms with Crippen LogP contribution in [0.4, 0.5) is 0 Å². The summed E-state index contributed by atoms with van der Waals surface area (Å²) in [5.74, 6) is 0. The summed E-state index contributed by atoms with van der Waals surface area (Å²) in [6, 6.07) is 22.4. The number of benzene rings is 2. The maximum atomic E-state index is 6.01. The molecule has 0 bridgehead atoms. The molecule has 3 heterocycles. The number of rotatable bonds is 3. The number of halogens is 1. The quantitative estimate of drug-likeness (QED) is 0.413. The van der Waals surface area contributed by atoms with Crippen molar-refractivity contribution in [3.8, 4) is 33.6 Å². The van der Waals surface area contributed by atoms with Gasteiger partial charge in [0.1, 0.15) is 5.69 Å². The van der Waals surface area contributed by atoms with Gasteiger partial charge in [0, 0.05) is 28.4 Å². The van der Waals surface area contributed by atoms with Crippen LogP contribution in [0.1, 0.15) is 0 Å². The molecule has 0 saturated heterocycles. The first-order chi connectivity index (χ1) is 13.3. The predicted molar refractivity (Wildman–Crippen MR) is 110 cm³/mol. The highest BCUT2D eigenvalue weighted by atomic mass is 35.5. The fraction of sp³-hybridized carbons (Fsp3) is 0. The van der Waals surface area contributed by atoms with E-state index in [0.29, 0.717) is 0 Å². The minimum Gasteiger partial charge on any atom is -0.360 e. The van der Waals surface area contributed by atoms with Crippen molar-refractivity contribution in [2.75, 3.05) is 0 Å². The summed E-state index contributed by atoms with van der Waals surface area (Å²) < 4.78 is 0. The Hall–Kier alpha value is -3.37. The molecule has 2 aromatic carbocycles. The molecule has 0 aliphatic rings. The number of hydrogen-bond acceptors (Lipinski definition) is 2. The highest BCUT2D eigenvalue weighted by Crippen LogP contribution is 2.31. The Kier molecular flexibility index (Phi) is 3.77. The lowest BCUT2D eigenvalue weighted by Crippen LogP contribution is -1.84. The van der Waals surface area contributed by atoms with Crippen LogP contribution in [0.3, 0.4) is 0 Å². The smallest absolute Gasteiger partial charge is 0.155 e. The van der Waals surface area contributed by atoms with Crippen molar-refractivity contribution < 1.29 is 0 Å². The molecule has 27 heavy (non-hydrogen) atoms. The van der Waals surface area contributed by atoms with Gasteiger partial charge < -0.3 is 4.98 Å². The van der Waals surface area contributed by atoms with E-state index in [1.807, 2.05) is 48.8 Å². The van der Waals surface area contributed by atoms with E-state index in [1.165, 1.54) is 0 Å². The highest BCUT2D eigenvalue weighted by molar-refractivity contribution is 6.30. The lowest BCUT2D eigenvalue weighted by Gasteiger charge is -2.06. The average Bonchev–Trinajstić information content (AvgIpc) is 3.37. The molecule has 0 aliphatic heterocycles. The first-order valence-corrected chi connectivity index (χ1v) is 9.00. The first-order valence-electron chi connectivity index (χ1n) is 8.62. The Morgan fingerprint density at radius 2 is 1.59 bits per heavy atom. The zero-order valence-electron chi connectivity index (χ0n) is 14.3. The molecule has 0 unspecified atom stereocenters. The van der Waals surface area contributed by atoms with Crippen LogP contribution in [0, 0.1) is 0 Å². The van der Waals surface area contributed by atoms with Crippen molar-refractivity contribution in [3.05, 3.63) is 84.1 Å². The Bertz CT molecular complexity index is 1220. The second-order valence-corrected chi connectivity index (χ2v) is 6.80. The zero-order valence-corrected chi connectivity index (χ0v) is 15.0. The molecular formula is C22H15ClN4. The van der Waals surface area contributed by atoms with Gasteiger partial charge in [-0.2, -0.15) is 5.10 Å². The third kappa shape index (κ3) is 2.90. The van der Waals surface area contributed by atoms with Crippen LogP contribution >= 0.6 is 11.6 Å². The molecule has 0 radical (unpaired) electrons. The molecule has 0 aliphatic carbocycles. The summed E-state index contributed by atoms with van der Waals surface area (Å²) in [4.78, 5) is 7.76. The Labute approximate surface area is 160 Å². The maximum Gasteiger partial charge on any atom is 0.155 e. The van der Waals surface area contributed by atoms with Gasteiger partial charge in [-0.15, -0.1) is 0 Å². The summed E-state index contributed by atoms with van der Waals surface area (Å²) in [5, 5.41) is 9.15. The first kappa shape index (κ1) is 15.9. The van der Waals surface area contributed by atoms with Crippen LogP contribution in [0.15, 0.2) is 79.1 Å². The fourth-order valence-corrected chi connectivity index (χ4v) is 3.39. The minimum atomic E-state index is 0.737. The molecule has 0 atom stereocenters. The van der Waals surface area contributed by atoms with E-state index < -0.39 is 0 Å². The van der Waals surface area contributed by atoms with E-state index in [9.17, 15) is 0 Å². The van der Waals surface area contributed by atoms with Gasteiger partial charge >= 0.3 is 0 Å². The van der Waals surface area contributed by atoms with Crippen molar-refractivity contribution >= 4 is 22.6 Å². The molecule has 3 aromatic heterocycles. The van der Waals surface area contributed by atoms with E-state index in [-0.39, 0.29) is 0 Å². The minimum absolute atomic E-state index is 0.737. The topological polar surface area (TPSA) is 57.4 Å². The van der Waals surface area contributed by atoms with Crippen LogP contribution in [0.25, 0.3) is 44.7 Å². The van der Waals surface area contributed by atoms with E-state index >= 15 is 0 Å². The second-order valence-electron chi connectivity index (χ2n) is 6.36. The SMILES string of the molecule is Clc1ccc(-c2cccc(-c3cnc4[nH]nc(-c5ccc[nH]5)c4c3)c2)cc1. The van der Waals surface area contributed by atoms with Gasteiger partial charge in [0.05, 0.1) is 5.69 Å². The van der Waals surface area contributed by atoms with E-state index in [0.717, 1.165) is 49.7 Å². The number of nitrogens with one attached hydrogen (secondary N) is 2. The number of pyridine rings is 1. The average molecular weight is 371 g/mol. The Morgan fingerprint density at radius 1 is 0.778 bits per heavy atom. The highest BCUT2D eigenvalue weighted by Gasteiger charge is 2.11. The van der Waals surface area contributed by atoms with Crippen LogP contribution in [-0.4, -0.2) is 20.2 Å². The Morgan fingerprint density at radius 3 is 2.37 bits per heavy atom. The van der Waals surface area contributed by atoms with Gasteiger partial charge in [-0.05, 0) is 53.1 Å². The molecule has 5 rings (SSSR count). The van der Waals surface area contributed by atoms with Crippen molar-refractivity contribution in [1.82, 2.24) is 20.2 Å². The van der Waals surface area contributed by atoms with Crippen LogP contribution in [0.2, 0.25) is 5.02 Å². The molecule has 4 nitrogen and oxygen atoms in total. The molecule has 5 heteroatoms. The zero-order chi connectivity index (χ0) is 18.2. The molecule has 0 fully saturated rings. The van der Waals surface area contributed by atoms with Gasteiger partial charge in [0.15, 0.2) is 5.65 Å². The number of nitrogens with zero attached hydrogens (tertiary/aromatic N) is 2. The number of fused-ring (bicyclic) bond motifs is 1. The van der Waals surface area contributed by atoms with Crippen LogP contribution in [-0.2, 0) is 0 Å². The van der Waals surface area contributed by atoms with Gasteiger partial charge in [-0.25, -0.2) is 4.98 Å². The van der Waals surface area contributed by atoms with Gasteiger partial charge in [0.25, 0.3) is 0 Å². The van der Waals surface area contributed by atoms with E-state index in [1.54, 1.807) is 0 Å². The summed E-state index contributed by atoms with van der Waals surface area (Å²) in [6.45, 7) is 0. The van der Waals surface area contributed by atoms with Crippen molar-refractivity contribution in [1.29, 1.82) is 0 Å². The van der Waals surface area contributed by atoms with E-state index in [2.05, 4.69) is 50.5 Å². The largest absolute Gasteiger partial charge is 0.360 e. The number of aromatic nitrogens is 4. The summed E-state index contributed by atoms with van der Waals surface area (Å²) in [7, 11) is 0. The second kappa shape index (κ2) is 6.41. The number of hydrogen-bond donors (Lipinski definition) is 2. The molecule has 0 spiro atoms. The predicted octanol–water partition coefficient (Wildman–Crippen LogP) is 5.94. The normalized spacial score (nSPS) is 11.1. The standard InChI is InChI=1S/C22H15ClN4/c23-18-8-6-14(7-9-18)15-3-1-4-16(11-15)17-12-19-21(20-5-2-10-24-20)26-27-22(19)25-13-17/h1-13,24H,(H,25,26,27). The van der Waals surface area contributed by atoms with Crippen molar-refractivity contribution in [3.63, 3.8) is 0 Å². The molecular weight excluding hydrogens is 356 g/mol. The lowest BCUT2D eigenvalue weighted by molar-refractivity contribution is 1.10. The molecule has 130 valence electrons. The van der Waals surface area contributed by atoms with Crippen LogP contribution < -0.4 is 0 Å². The van der Waals surface area contributed by atoms with Gasteiger partial charge in [-0.1, -0.05) is 41.9 Å². The number of H-pyrrole nitrogens is 2. The van der Waals surface area contributed by atoms with Gasteiger partial charge in [-0.3, -0.25) is 5.10 Å². The third-order valence-electron chi connectivity index (χ3n) is 4.64. The molecule has 5 aromatic rings. The molecule has 0 amide bonds. The maximum absolute atomic E-state index is 6.01. The number of aromatic amines is 2. The van der Waals surface area contributed by atoms with Gasteiger partial charge in [0.2, 0.25) is 0 Å². The molecule has 0 saturated carbocycles. The fourth-order valence-electron chi connectivity index (χ4n) is 3.26. The summed E-state index contributed by atoms with van der Waals surface area (Å²) in [6.07, 6.45) is 3.77. The lowest BCUT2D eigenvalue weighted by atomic mass is 9.99. The summed E-state index contributed by atoms with van der Waals surface area (Å²) >= 11 is 6.01. The van der Waals surface area contributed by atoms with E-state index in [4.69, 9.17) is 11.6 Å². The Balaban J connectivity index is 1.60. The molecule has 2 N–H and O–H groups in total. The van der Waals surface area contributed by atoms with Crippen LogP contribution in [0.5, 0.6) is 0 Å².